The number of benzene rings is 4. The van der Waals surface area contributed by atoms with Crippen molar-refractivity contribution in [1.82, 2.24) is 29.4 Å². The predicted molar refractivity (Wildman–Crippen MR) is 211 cm³/mol. The Bertz CT molecular complexity index is 2210. The summed E-state index contributed by atoms with van der Waals surface area (Å²) in [5.74, 6) is 0.388. The molecule has 1 saturated heterocycles. The second kappa shape index (κ2) is 16.3. The van der Waals surface area contributed by atoms with Crippen LogP contribution in [0.25, 0.3) is 11.0 Å². The van der Waals surface area contributed by atoms with Crippen LogP contribution in [0, 0.1) is 0 Å². The number of hydrogen-bond acceptors (Lipinski definition) is 10. The molecule has 0 aliphatic carbocycles. The third-order valence-corrected chi connectivity index (χ3v) is 10.3. The van der Waals surface area contributed by atoms with Crippen LogP contribution in [-0.4, -0.2) is 66.3 Å². The Hall–Kier alpha value is -5.76. The maximum absolute atomic E-state index is 12.3. The molecule has 0 unspecified atom stereocenters. The zero-order valence-electron chi connectivity index (χ0n) is 30.1. The Kier molecular flexibility index (Phi) is 10.7. The normalized spacial score (nSPS) is 18.4. The Labute approximate surface area is 324 Å². The van der Waals surface area contributed by atoms with Crippen molar-refractivity contribution in [3.05, 3.63) is 180 Å². The lowest BCUT2D eigenvalue weighted by molar-refractivity contribution is -0.0266. The van der Waals surface area contributed by atoms with Crippen LogP contribution in [0.15, 0.2) is 153 Å². The van der Waals surface area contributed by atoms with E-state index in [9.17, 15) is 5.11 Å². The van der Waals surface area contributed by atoms with E-state index >= 15 is 0 Å². The lowest BCUT2D eigenvalue weighted by Crippen LogP contribution is -2.44. The molecule has 8 rings (SSSR count). The van der Waals surface area contributed by atoms with Crippen LogP contribution in [0.5, 0.6) is 5.88 Å². The van der Waals surface area contributed by atoms with Gasteiger partial charge in [0.2, 0.25) is 5.88 Å². The summed E-state index contributed by atoms with van der Waals surface area (Å²) in [6, 6.07) is 39.2. The van der Waals surface area contributed by atoms with Crippen LogP contribution in [0.3, 0.4) is 0 Å². The molecule has 4 atom stereocenters. The van der Waals surface area contributed by atoms with Gasteiger partial charge in [-0.15, -0.1) is 0 Å². The van der Waals surface area contributed by atoms with Crippen LogP contribution >= 0.6 is 12.2 Å². The number of aliphatic hydroxyl groups excluding tert-OH is 1. The van der Waals surface area contributed by atoms with E-state index in [0.717, 1.165) is 27.8 Å². The third-order valence-electron chi connectivity index (χ3n) is 9.96. The van der Waals surface area contributed by atoms with Gasteiger partial charge in [-0.25, -0.2) is 9.97 Å². The number of hydrogen-bond donors (Lipinski definition) is 2. The van der Waals surface area contributed by atoms with Gasteiger partial charge < -0.3 is 28.6 Å². The van der Waals surface area contributed by atoms with Crippen LogP contribution in [0.4, 0.5) is 0 Å². The lowest BCUT2D eigenvalue weighted by atomic mass is 9.80. The summed E-state index contributed by atoms with van der Waals surface area (Å²) in [7, 11) is 1.57. The first-order valence-electron chi connectivity index (χ1n) is 18.0. The molecule has 0 spiro atoms. The van der Waals surface area contributed by atoms with Crippen LogP contribution < -0.4 is 10.1 Å². The third kappa shape index (κ3) is 7.25. The van der Waals surface area contributed by atoms with Crippen molar-refractivity contribution < 1.29 is 24.1 Å². The fourth-order valence-corrected chi connectivity index (χ4v) is 7.61. The van der Waals surface area contributed by atoms with Crippen molar-refractivity contribution in [2.24, 2.45) is 0 Å². The smallest absolute Gasteiger partial charge is 0.269 e. The summed E-state index contributed by atoms with van der Waals surface area (Å²) in [6.45, 7) is 0.729. The standard InChI is InChI=1S/C43H40N6O5S/c1-51-41-38-36(45-27-46-41)34(24-49(38)29-52-25-30-14-6-2-7-15-30)37-39(50)40(54-42(55)48-23-22-44-28-48)35(47-37)26-53-43(31-16-8-3-9-17-31,32-18-10-4-11-19-32)33-20-12-5-13-21-33/h2-24,27-28,35,37,39-40,47,50H,25-26,29H2,1H3/t35-,37+,39+,40-/m1/s1. The maximum Gasteiger partial charge on any atom is 0.269 e. The average molecular weight is 753 g/mol. The minimum atomic E-state index is -1.08. The molecule has 0 bridgehead atoms. The number of imidazole rings is 1. The van der Waals surface area contributed by atoms with Gasteiger partial charge in [0.1, 0.15) is 48.2 Å². The Morgan fingerprint density at radius 1 is 0.855 bits per heavy atom. The molecule has 11 nitrogen and oxygen atoms in total. The van der Waals surface area contributed by atoms with E-state index in [2.05, 4.69) is 56.7 Å². The molecule has 1 aliphatic rings. The summed E-state index contributed by atoms with van der Waals surface area (Å²) < 4.78 is 29.1. The monoisotopic (exact) mass is 752 g/mol. The molecule has 12 heteroatoms. The topological polar surface area (TPSA) is 118 Å². The Morgan fingerprint density at radius 3 is 2.05 bits per heavy atom. The van der Waals surface area contributed by atoms with Crippen molar-refractivity contribution in [1.29, 1.82) is 0 Å². The van der Waals surface area contributed by atoms with Crippen LogP contribution in [0.2, 0.25) is 0 Å². The molecule has 4 aromatic carbocycles. The van der Waals surface area contributed by atoms with E-state index in [0.29, 0.717) is 23.5 Å². The molecule has 4 heterocycles. The summed E-state index contributed by atoms with van der Waals surface area (Å²) in [6.07, 6.45) is 6.35. The summed E-state index contributed by atoms with van der Waals surface area (Å²) >= 11 is 5.72. The highest BCUT2D eigenvalue weighted by atomic mass is 32.1. The maximum atomic E-state index is 12.3. The Morgan fingerprint density at radius 2 is 1.47 bits per heavy atom. The van der Waals surface area contributed by atoms with Gasteiger partial charge in [0.25, 0.3) is 5.17 Å². The van der Waals surface area contributed by atoms with E-state index in [1.807, 2.05) is 95.7 Å². The van der Waals surface area contributed by atoms with E-state index < -0.39 is 29.9 Å². The molecule has 55 heavy (non-hydrogen) atoms. The molecule has 2 N–H and O–H groups in total. The molecule has 0 radical (unpaired) electrons. The molecule has 3 aromatic heterocycles. The van der Waals surface area contributed by atoms with E-state index in [1.165, 1.54) is 6.33 Å². The molecular formula is C43H40N6O5S. The van der Waals surface area contributed by atoms with E-state index in [1.54, 1.807) is 30.4 Å². The van der Waals surface area contributed by atoms with Crippen LogP contribution in [0.1, 0.15) is 33.9 Å². The first-order chi connectivity index (χ1) is 27.1. The number of thiocarbonyl (C=S) groups is 1. The van der Waals surface area contributed by atoms with E-state index in [4.69, 9.17) is 31.2 Å². The average Bonchev–Trinajstić information content (AvgIpc) is 3.99. The fourth-order valence-electron chi connectivity index (χ4n) is 7.39. The van der Waals surface area contributed by atoms with Gasteiger partial charge in [0.05, 0.1) is 32.4 Å². The van der Waals surface area contributed by atoms with Crippen molar-refractivity contribution in [3.8, 4) is 5.88 Å². The number of nitrogens with one attached hydrogen (secondary N) is 1. The molecule has 1 fully saturated rings. The summed E-state index contributed by atoms with van der Waals surface area (Å²) in [5.41, 5.74) is 4.88. The lowest BCUT2D eigenvalue weighted by Gasteiger charge is -2.37. The molecule has 0 amide bonds. The molecule has 278 valence electrons. The van der Waals surface area contributed by atoms with E-state index in [-0.39, 0.29) is 18.5 Å². The van der Waals surface area contributed by atoms with Crippen LogP contribution in [-0.2, 0) is 33.1 Å². The largest absolute Gasteiger partial charge is 0.479 e. The number of aromatic nitrogens is 5. The first kappa shape index (κ1) is 36.2. The van der Waals surface area contributed by atoms with Crippen molar-refractivity contribution in [3.63, 3.8) is 0 Å². The first-order valence-corrected chi connectivity index (χ1v) is 18.4. The number of rotatable bonds is 13. The van der Waals surface area contributed by atoms with Gasteiger partial charge in [-0.3, -0.25) is 9.88 Å². The van der Waals surface area contributed by atoms with Gasteiger partial charge in [0.15, 0.2) is 0 Å². The molecular weight excluding hydrogens is 713 g/mol. The van der Waals surface area contributed by atoms with Gasteiger partial charge in [-0.1, -0.05) is 121 Å². The highest BCUT2D eigenvalue weighted by Crippen LogP contribution is 2.42. The number of ether oxygens (including phenoxy) is 4. The minimum absolute atomic E-state index is 0.126. The number of nitrogens with zero attached hydrogens (tertiary/aromatic N) is 5. The van der Waals surface area contributed by atoms with Gasteiger partial charge in [-0.2, -0.15) is 4.98 Å². The highest BCUT2D eigenvalue weighted by molar-refractivity contribution is 7.80. The molecule has 0 saturated carbocycles. The van der Waals surface area contributed by atoms with Crippen molar-refractivity contribution in [2.45, 2.75) is 43.2 Å². The summed E-state index contributed by atoms with van der Waals surface area (Å²) in [4.78, 5) is 13.2. The van der Waals surface area contributed by atoms with Gasteiger partial charge in [0, 0.05) is 24.2 Å². The molecule has 1 aliphatic heterocycles. The number of methoxy groups -OCH3 is 1. The quantitative estimate of drug-likeness (QED) is 0.101. The Balaban J connectivity index is 1.17. The van der Waals surface area contributed by atoms with Crippen molar-refractivity contribution in [2.75, 3.05) is 13.7 Å². The second-order valence-corrected chi connectivity index (χ2v) is 13.6. The highest BCUT2D eigenvalue weighted by Gasteiger charge is 2.48. The zero-order valence-corrected chi connectivity index (χ0v) is 30.9. The summed E-state index contributed by atoms with van der Waals surface area (Å²) in [5, 5.41) is 16.1. The number of aliphatic hydroxyl groups is 1. The van der Waals surface area contributed by atoms with Crippen molar-refractivity contribution >= 4 is 28.4 Å². The van der Waals surface area contributed by atoms with Gasteiger partial charge >= 0.3 is 0 Å². The minimum Gasteiger partial charge on any atom is -0.479 e. The predicted octanol–water partition coefficient (Wildman–Crippen LogP) is 6.41. The van der Waals surface area contributed by atoms with Gasteiger partial charge in [-0.05, 0) is 34.5 Å². The second-order valence-electron chi connectivity index (χ2n) is 13.2. The number of fused-ring (bicyclic) bond motifs is 1. The SMILES string of the molecule is COc1ncnc2c([C@@H]3N[C@H](COC(c4ccccc4)(c4ccccc4)c4ccccc4)[C@@H](OC(=S)n4ccnc4)[C@H]3O)cn(COCc3ccccc3)c12. The molecule has 7 aromatic rings. The zero-order chi connectivity index (χ0) is 37.6. The fraction of sp³-hybridized carbons (Fsp3) is 0.209.